The summed E-state index contributed by atoms with van der Waals surface area (Å²) in [6, 6.07) is 0.185. The molecule has 1 fully saturated rings. The standard InChI is InChI=1S/C20H32N2O4/c1-13(2)19(20(24)21-16-10-8-6-5-7-9-11-16)25-18(23)12-17-14(3)22-26-15(17)4/h13,16,19H,5-12H2,1-4H3,(H,21,24)/t19-/m1/s1. The molecular weight excluding hydrogens is 332 g/mol. The summed E-state index contributed by atoms with van der Waals surface area (Å²) in [6.07, 6.45) is 7.34. The van der Waals surface area contributed by atoms with Crippen molar-refractivity contribution in [3.8, 4) is 0 Å². The molecular formula is C20H32N2O4. The third kappa shape index (κ3) is 5.85. The van der Waals surface area contributed by atoms with Crippen LogP contribution in [0.3, 0.4) is 0 Å². The Kier molecular flexibility index (Phi) is 7.66. The summed E-state index contributed by atoms with van der Waals surface area (Å²) in [5.74, 6) is -0.0831. The number of esters is 1. The van der Waals surface area contributed by atoms with Gasteiger partial charge in [0.2, 0.25) is 0 Å². The Morgan fingerprint density at radius 3 is 2.31 bits per heavy atom. The minimum absolute atomic E-state index is 0.0705. The number of aromatic nitrogens is 1. The molecule has 0 saturated heterocycles. The number of nitrogens with zero attached hydrogens (tertiary/aromatic N) is 1. The first kappa shape index (κ1) is 20.5. The maximum Gasteiger partial charge on any atom is 0.311 e. The molecule has 1 aromatic rings. The van der Waals surface area contributed by atoms with Crippen molar-refractivity contribution in [2.24, 2.45) is 5.92 Å². The number of nitrogens with one attached hydrogen (secondary N) is 1. The first-order chi connectivity index (χ1) is 12.4. The number of hydrogen-bond acceptors (Lipinski definition) is 5. The number of carbonyl (C=O) groups is 2. The summed E-state index contributed by atoms with van der Waals surface area (Å²) >= 11 is 0. The lowest BCUT2D eigenvalue weighted by Crippen LogP contribution is -2.45. The van der Waals surface area contributed by atoms with Gasteiger partial charge in [-0.05, 0) is 32.6 Å². The lowest BCUT2D eigenvalue weighted by molar-refractivity contribution is -0.158. The largest absolute Gasteiger partial charge is 0.452 e. The molecule has 1 N–H and O–H groups in total. The summed E-state index contributed by atoms with van der Waals surface area (Å²) in [6.45, 7) is 7.35. The number of rotatable bonds is 6. The maximum absolute atomic E-state index is 12.7. The highest BCUT2D eigenvalue weighted by molar-refractivity contribution is 5.84. The Balaban J connectivity index is 1.94. The third-order valence-electron chi connectivity index (χ3n) is 5.08. The molecule has 146 valence electrons. The zero-order valence-corrected chi connectivity index (χ0v) is 16.5. The van der Waals surface area contributed by atoms with Gasteiger partial charge in [-0.3, -0.25) is 9.59 Å². The molecule has 0 bridgehead atoms. The molecule has 0 aliphatic heterocycles. The van der Waals surface area contributed by atoms with Gasteiger partial charge < -0.3 is 14.6 Å². The summed E-state index contributed by atoms with van der Waals surface area (Å²) in [4.78, 5) is 25.1. The normalized spacial score (nSPS) is 17.4. The van der Waals surface area contributed by atoms with E-state index in [0.717, 1.165) is 31.2 Å². The van der Waals surface area contributed by atoms with Crippen molar-refractivity contribution >= 4 is 11.9 Å². The Hall–Kier alpha value is -1.85. The van der Waals surface area contributed by atoms with Crippen molar-refractivity contribution in [2.45, 2.75) is 91.2 Å². The first-order valence-corrected chi connectivity index (χ1v) is 9.80. The zero-order valence-electron chi connectivity index (χ0n) is 16.5. The average molecular weight is 364 g/mol. The molecule has 26 heavy (non-hydrogen) atoms. The van der Waals surface area contributed by atoms with E-state index in [0.29, 0.717) is 11.5 Å². The number of amides is 1. The van der Waals surface area contributed by atoms with Crippen LogP contribution in [-0.2, 0) is 20.7 Å². The van der Waals surface area contributed by atoms with Crippen molar-refractivity contribution in [2.75, 3.05) is 0 Å². The van der Waals surface area contributed by atoms with Gasteiger partial charge in [0, 0.05) is 11.6 Å². The van der Waals surface area contributed by atoms with Gasteiger partial charge in [0.1, 0.15) is 5.76 Å². The Labute approximate surface area is 156 Å². The van der Waals surface area contributed by atoms with E-state index in [2.05, 4.69) is 10.5 Å². The summed E-state index contributed by atoms with van der Waals surface area (Å²) in [5.41, 5.74) is 1.41. The summed E-state index contributed by atoms with van der Waals surface area (Å²) < 4.78 is 10.6. The monoisotopic (exact) mass is 364 g/mol. The smallest absolute Gasteiger partial charge is 0.311 e. The minimum atomic E-state index is -0.770. The molecule has 1 aliphatic rings. The van der Waals surface area contributed by atoms with Gasteiger partial charge in [-0.2, -0.15) is 0 Å². The lowest BCUT2D eigenvalue weighted by Gasteiger charge is -2.26. The number of carbonyl (C=O) groups excluding carboxylic acids is 2. The van der Waals surface area contributed by atoms with Gasteiger partial charge in [0.05, 0.1) is 12.1 Å². The maximum atomic E-state index is 12.7. The van der Waals surface area contributed by atoms with Crippen LogP contribution in [0.5, 0.6) is 0 Å². The average Bonchev–Trinajstić information content (AvgIpc) is 2.86. The molecule has 0 unspecified atom stereocenters. The molecule has 1 atom stereocenters. The highest BCUT2D eigenvalue weighted by Crippen LogP contribution is 2.19. The first-order valence-electron chi connectivity index (χ1n) is 9.80. The van der Waals surface area contributed by atoms with Crippen LogP contribution in [0.2, 0.25) is 0 Å². The van der Waals surface area contributed by atoms with E-state index in [4.69, 9.17) is 9.26 Å². The molecule has 2 rings (SSSR count). The predicted octanol–water partition coefficient (Wildman–Crippen LogP) is 3.63. The van der Waals surface area contributed by atoms with E-state index < -0.39 is 12.1 Å². The fourth-order valence-electron chi connectivity index (χ4n) is 3.46. The fourth-order valence-corrected chi connectivity index (χ4v) is 3.46. The molecule has 1 amide bonds. The predicted molar refractivity (Wildman–Crippen MR) is 98.6 cm³/mol. The topological polar surface area (TPSA) is 81.4 Å². The fraction of sp³-hybridized carbons (Fsp3) is 0.750. The number of aryl methyl sites for hydroxylation is 2. The van der Waals surface area contributed by atoms with Gasteiger partial charge in [0.15, 0.2) is 6.10 Å². The van der Waals surface area contributed by atoms with Crippen molar-refractivity contribution < 1.29 is 18.8 Å². The van der Waals surface area contributed by atoms with Crippen LogP contribution in [0.4, 0.5) is 0 Å². The molecule has 0 radical (unpaired) electrons. The molecule has 0 aromatic carbocycles. The van der Waals surface area contributed by atoms with Crippen LogP contribution in [0, 0.1) is 19.8 Å². The van der Waals surface area contributed by atoms with Crippen LogP contribution < -0.4 is 5.32 Å². The van der Waals surface area contributed by atoms with E-state index in [1.54, 1.807) is 13.8 Å². The molecule has 1 aromatic heterocycles. The van der Waals surface area contributed by atoms with Crippen LogP contribution in [0.1, 0.15) is 75.8 Å². The van der Waals surface area contributed by atoms with Crippen molar-refractivity contribution in [3.63, 3.8) is 0 Å². The highest BCUT2D eigenvalue weighted by Gasteiger charge is 2.29. The SMILES string of the molecule is Cc1noc(C)c1CC(=O)O[C@@H](C(=O)NC1CCCCCCC1)C(C)C. The molecule has 6 heteroatoms. The minimum Gasteiger partial charge on any atom is -0.452 e. The lowest BCUT2D eigenvalue weighted by atomic mass is 9.96. The van der Waals surface area contributed by atoms with Gasteiger partial charge >= 0.3 is 5.97 Å². The van der Waals surface area contributed by atoms with Crippen LogP contribution in [-0.4, -0.2) is 29.2 Å². The van der Waals surface area contributed by atoms with Gasteiger partial charge in [-0.15, -0.1) is 0 Å². The second kappa shape index (κ2) is 9.74. The third-order valence-corrected chi connectivity index (χ3v) is 5.08. The van der Waals surface area contributed by atoms with Crippen LogP contribution >= 0.6 is 0 Å². The summed E-state index contributed by atoms with van der Waals surface area (Å²) in [5, 5.41) is 6.96. The second-order valence-electron chi connectivity index (χ2n) is 7.68. The van der Waals surface area contributed by atoms with Gasteiger partial charge in [-0.25, -0.2) is 0 Å². The Bertz CT molecular complexity index is 581. The van der Waals surface area contributed by atoms with Crippen molar-refractivity contribution in [3.05, 3.63) is 17.0 Å². The van der Waals surface area contributed by atoms with Crippen molar-refractivity contribution in [1.82, 2.24) is 10.5 Å². The molecule has 1 saturated carbocycles. The van der Waals surface area contributed by atoms with Gasteiger partial charge in [-0.1, -0.05) is 51.1 Å². The van der Waals surface area contributed by atoms with E-state index in [1.165, 1.54) is 19.3 Å². The number of hydrogen-bond donors (Lipinski definition) is 1. The Morgan fingerprint density at radius 1 is 1.15 bits per heavy atom. The number of ether oxygens (including phenoxy) is 1. The van der Waals surface area contributed by atoms with E-state index in [9.17, 15) is 9.59 Å². The molecule has 1 aliphatic carbocycles. The molecule has 0 spiro atoms. The van der Waals surface area contributed by atoms with E-state index >= 15 is 0 Å². The van der Waals surface area contributed by atoms with Crippen molar-refractivity contribution in [1.29, 1.82) is 0 Å². The van der Waals surface area contributed by atoms with Crippen LogP contribution in [0.25, 0.3) is 0 Å². The van der Waals surface area contributed by atoms with Crippen LogP contribution in [0.15, 0.2) is 4.52 Å². The molecule has 6 nitrogen and oxygen atoms in total. The summed E-state index contributed by atoms with van der Waals surface area (Å²) in [7, 11) is 0. The van der Waals surface area contributed by atoms with E-state index in [-0.39, 0.29) is 24.3 Å². The van der Waals surface area contributed by atoms with E-state index in [1.807, 2.05) is 13.8 Å². The Morgan fingerprint density at radius 2 is 1.77 bits per heavy atom. The molecule has 1 heterocycles. The van der Waals surface area contributed by atoms with Gasteiger partial charge in [0.25, 0.3) is 5.91 Å². The highest BCUT2D eigenvalue weighted by atomic mass is 16.5. The quantitative estimate of drug-likeness (QED) is 0.780. The second-order valence-corrected chi connectivity index (χ2v) is 7.68. The zero-order chi connectivity index (χ0) is 19.1.